The standard InChI is InChI=1S/C16H31N3O/c1-13(2)19(12-15-6-8-17-9-7-15)16(20)18-10-4-5-14(3)11-18/h13-15,17H,4-12H2,1-3H3. The van der Waals surface area contributed by atoms with Gasteiger partial charge in [0.2, 0.25) is 0 Å². The molecule has 0 saturated carbocycles. The minimum Gasteiger partial charge on any atom is -0.324 e. The summed E-state index contributed by atoms with van der Waals surface area (Å²) >= 11 is 0. The van der Waals surface area contributed by atoms with Crippen LogP contribution in [0.5, 0.6) is 0 Å². The Morgan fingerprint density at radius 2 is 2.00 bits per heavy atom. The third kappa shape index (κ3) is 4.11. The minimum atomic E-state index is 0.269. The maximum atomic E-state index is 12.8. The largest absolute Gasteiger partial charge is 0.324 e. The molecule has 0 aromatic carbocycles. The molecule has 2 aliphatic rings. The molecule has 2 heterocycles. The van der Waals surface area contributed by atoms with Crippen molar-refractivity contribution >= 4 is 6.03 Å². The van der Waals surface area contributed by atoms with Crippen molar-refractivity contribution in [1.29, 1.82) is 0 Å². The van der Waals surface area contributed by atoms with Gasteiger partial charge in [0.1, 0.15) is 0 Å². The second-order valence-electron chi connectivity index (χ2n) is 6.92. The molecule has 2 fully saturated rings. The molecule has 2 aliphatic heterocycles. The number of piperidine rings is 2. The lowest BCUT2D eigenvalue weighted by molar-refractivity contribution is 0.109. The van der Waals surface area contributed by atoms with Crippen LogP contribution >= 0.6 is 0 Å². The van der Waals surface area contributed by atoms with E-state index >= 15 is 0 Å². The molecule has 1 atom stereocenters. The maximum Gasteiger partial charge on any atom is 0.320 e. The molecule has 20 heavy (non-hydrogen) atoms. The molecule has 2 rings (SSSR count). The van der Waals surface area contributed by atoms with Gasteiger partial charge in [0.05, 0.1) is 0 Å². The quantitative estimate of drug-likeness (QED) is 0.863. The molecular formula is C16H31N3O. The smallest absolute Gasteiger partial charge is 0.320 e. The third-order valence-electron chi connectivity index (χ3n) is 4.71. The van der Waals surface area contributed by atoms with Crippen LogP contribution in [0.15, 0.2) is 0 Å². The van der Waals surface area contributed by atoms with Crippen molar-refractivity contribution in [1.82, 2.24) is 15.1 Å². The number of rotatable bonds is 3. The van der Waals surface area contributed by atoms with Crippen LogP contribution in [0.3, 0.4) is 0 Å². The molecule has 0 radical (unpaired) electrons. The van der Waals surface area contributed by atoms with E-state index in [9.17, 15) is 4.79 Å². The maximum absolute atomic E-state index is 12.8. The fourth-order valence-corrected chi connectivity index (χ4v) is 3.40. The van der Waals surface area contributed by atoms with Crippen molar-refractivity contribution in [3.63, 3.8) is 0 Å². The van der Waals surface area contributed by atoms with Crippen LogP contribution in [0.1, 0.15) is 46.5 Å². The Labute approximate surface area is 123 Å². The molecule has 0 aromatic heterocycles. The molecule has 1 unspecified atom stereocenters. The van der Waals surface area contributed by atoms with Crippen LogP contribution in [0, 0.1) is 11.8 Å². The number of nitrogens with one attached hydrogen (secondary N) is 1. The van der Waals surface area contributed by atoms with Gasteiger partial charge < -0.3 is 15.1 Å². The SMILES string of the molecule is CC1CCCN(C(=O)N(CC2CCNCC2)C(C)C)C1. The zero-order chi connectivity index (χ0) is 14.5. The Morgan fingerprint density at radius 3 is 2.60 bits per heavy atom. The molecule has 0 aromatic rings. The Morgan fingerprint density at radius 1 is 1.30 bits per heavy atom. The monoisotopic (exact) mass is 281 g/mol. The lowest BCUT2D eigenvalue weighted by atomic mass is 9.97. The van der Waals surface area contributed by atoms with Crippen LogP contribution in [0.4, 0.5) is 4.79 Å². The zero-order valence-corrected chi connectivity index (χ0v) is 13.4. The average Bonchev–Trinajstić information content (AvgIpc) is 2.45. The van der Waals surface area contributed by atoms with E-state index in [1.165, 1.54) is 19.3 Å². The summed E-state index contributed by atoms with van der Waals surface area (Å²) in [6.45, 7) is 11.6. The molecule has 0 aliphatic carbocycles. The topological polar surface area (TPSA) is 35.6 Å². The molecule has 0 spiro atoms. The first-order valence-corrected chi connectivity index (χ1v) is 8.34. The average molecular weight is 281 g/mol. The van der Waals surface area contributed by atoms with E-state index in [0.29, 0.717) is 17.9 Å². The third-order valence-corrected chi connectivity index (χ3v) is 4.71. The number of carbonyl (C=O) groups is 1. The van der Waals surface area contributed by atoms with E-state index in [2.05, 4.69) is 35.9 Å². The summed E-state index contributed by atoms with van der Waals surface area (Å²) in [7, 11) is 0. The first-order valence-electron chi connectivity index (χ1n) is 8.34. The molecule has 4 heteroatoms. The van der Waals surface area contributed by atoms with E-state index in [1.54, 1.807) is 0 Å². The summed E-state index contributed by atoms with van der Waals surface area (Å²) in [6.07, 6.45) is 4.83. The van der Waals surface area contributed by atoms with Crippen molar-refractivity contribution in [3.8, 4) is 0 Å². The van der Waals surface area contributed by atoms with Gasteiger partial charge >= 0.3 is 6.03 Å². The summed E-state index contributed by atoms with van der Waals surface area (Å²) in [5.74, 6) is 1.32. The predicted octanol–water partition coefficient (Wildman–Crippen LogP) is 2.55. The Hall–Kier alpha value is -0.770. The number of nitrogens with zero attached hydrogens (tertiary/aromatic N) is 2. The van der Waals surface area contributed by atoms with Crippen LogP contribution in [0.2, 0.25) is 0 Å². The summed E-state index contributed by atoms with van der Waals surface area (Å²) in [5.41, 5.74) is 0. The van der Waals surface area contributed by atoms with Gasteiger partial charge in [-0.3, -0.25) is 0 Å². The number of carbonyl (C=O) groups excluding carboxylic acids is 1. The predicted molar refractivity (Wildman–Crippen MR) is 82.8 cm³/mol. The van der Waals surface area contributed by atoms with Gasteiger partial charge in [0.25, 0.3) is 0 Å². The normalized spacial score (nSPS) is 25.0. The Balaban J connectivity index is 1.94. The van der Waals surface area contributed by atoms with E-state index in [-0.39, 0.29) is 6.03 Å². The molecule has 2 amide bonds. The van der Waals surface area contributed by atoms with Gasteiger partial charge in [0.15, 0.2) is 0 Å². The fraction of sp³-hybridized carbons (Fsp3) is 0.938. The van der Waals surface area contributed by atoms with Crippen molar-refractivity contribution in [2.45, 2.75) is 52.5 Å². The number of urea groups is 1. The van der Waals surface area contributed by atoms with Gasteiger partial charge in [-0.2, -0.15) is 0 Å². The highest BCUT2D eigenvalue weighted by molar-refractivity contribution is 5.75. The van der Waals surface area contributed by atoms with E-state index in [1.807, 2.05) is 0 Å². The highest BCUT2D eigenvalue weighted by Gasteiger charge is 2.28. The molecular weight excluding hydrogens is 250 g/mol. The van der Waals surface area contributed by atoms with Gasteiger partial charge in [0, 0.05) is 25.7 Å². The minimum absolute atomic E-state index is 0.269. The second kappa shape index (κ2) is 7.30. The van der Waals surface area contributed by atoms with E-state index in [4.69, 9.17) is 0 Å². The van der Waals surface area contributed by atoms with Crippen molar-refractivity contribution < 1.29 is 4.79 Å². The molecule has 0 bridgehead atoms. The van der Waals surface area contributed by atoms with E-state index < -0.39 is 0 Å². The highest BCUT2D eigenvalue weighted by atomic mass is 16.2. The molecule has 4 nitrogen and oxygen atoms in total. The Bertz CT molecular complexity index is 313. The fourth-order valence-electron chi connectivity index (χ4n) is 3.40. The first-order chi connectivity index (χ1) is 9.58. The molecule has 1 N–H and O–H groups in total. The van der Waals surface area contributed by atoms with Crippen LogP contribution in [0.25, 0.3) is 0 Å². The van der Waals surface area contributed by atoms with Crippen molar-refractivity contribution in [2.24, 2.45) is 11.8 Å². The lowest BCUT2D eigenvalue weighted by Crippen LogP contribution is -2.51. The number of hydrogen-bond donors (Lipinski definition) is 1. The van der Waals surface area contributed by atoms with Crippen LogP contribution in [-0.2, 0) is 0 Å². The number of amides is 2. The van der Waals surface area contributed by atoms with Crippen molar-refractivity contribution in [3.05, 3.63) is 0 Å². The first kappa shape index (κ1) is 15.6. The van der Waals surface area contributed by atoms with Gasteiger partial charge in [-0.25, -0.2) is 4.79 Å². The second-order valence-corrected chi connectivity index (χ2v) is 6.92. The van der Waals surface area contributed by atoms with Gasteiger partial charge in [-0.1, -0.05) is 6.92 Å². The van der Waals surface area contributed by atoms with Gasteiger partial charge in [-0.05, 0) is 64.5 Å². The van der Waals surface area contributed by atoms with Gasteiger partial charge in [-0.15, -0.1) is 0 Å². The summed E-state index contributed by atoms with van der Waals surface area (Å²) < 4.78 is 0. The van der Waals surface area contributed by atoms with Crippen LogP contribution in [-0.4, -0.2) is 54.6 Å². The van der Waals surface area contributed by atoms with Crippen LogP contribution < -0.4 is 5.32 Å². The number of likely N-dealkylation sites (tertiary alicyclic amines) is 1. The molecule has 116 valence electrons. The summed E-state index contributed by atoms with van der Waals surface area (Å²) in [6, 6.07) is 0.569. The zero-order valence-electron chi connectivity index (χ0n) is 13.4. The number of hydrogen-bond acceptors (Lipinski definition) is 2. The van der Waals surface area contributed by atoms with E-state index in [0.717, 1.165) is 39.1 Å². The van der Waals surface area contributed by atoms with Crippen molar-refractivity contribution in [2.75, 3.05) is 32.7 Å². The highest BCUT2D eigenvalue weighted by Crippen LogP contribution is 2.20. The lowest BCUT2D eigenvalue weighted by Gasteiger charge is -2.39. The Kier molecular flexibility index (Phi) is 5.70. The molecule has 2 saturated heterocycles. The summed E-state index contributed by atoms with van der Waals surface area (Å²) in [4.78, 5) is 17.0. The summed E-state index contributed by atoms with van der Waals surface area (Å²) in [5, 5.41) is 3.40.